The van der Waals surface area contributed by atoms with E-state index in [-0.39, 0.29) is 5.78 Å². The Bertz CT molecular complexity index is 623. The maximum absolute atomic E-state index is 11.7. The van der Waals surface area contributed by atoms with Crippen molar-refractivity contribution in [2.24, 2.45) is 0 Å². The molecule has 0 fully saturated rings. The van der Waals surface area contributed by atoms with Gasteiger partial charge in [0.2, 0.25) is 0 Å². The fourth-order valence-corrected chi connectivity index (χ4v) is 2.45. The van der Waals surface area contributed by atoms with Crippen LogP contribution in [-0.4, -0.2) is 10.9 Å². The predicted octanol–water partition coefficient (Wildman–Crippen LogP) is 3.00. The quantitative estimate of drug-likeness (QED) is 0.848. The molecule has 98 valence electrons. The Labute approximate surface area is 111 Å². The first-order valence-corrected chi connectivity index (χ1v) is 6.36. The Balaban J connectivity index is 1.84. The molecule has 1 aromatic heterocycles. The molecule has 0 atom stereocenters. The number of aryl methyl sites for hydroxylation is 2. The van der Waals surface area contributed by atoms with E-state index in [2.05, 4.69) is 5.16 Å². The molecule has 0 aliphatic heterocycles. The van der Waals surface area contributed by atoms with Crippen LogP contribution < -0.4 is 4.74 Å². The Kier molecular flexibility index (Phi) is 2.85. The molecule has 4 nitrogen and oxygen atoms in total. The summed E-state index contributed by atoms with van der Waals surface area (Å²) in [7, 11) is 0. The van der Waals surface area contributed by atoms with E-state index in [4.69, 9.17) is 9.26 Å². The highest BCUT2D eigenvalue weighted by Gasteiger charge is 2.22. The molecule has 0 N–H and O–H groups in total. The second kappa shape index (κ2) is 4.53. The van der Waals surface area contributed by atoms with Crippen molar-refractivity contribution in [3.8, 4) is 5.75 Å². The zero-order chi connectivity index (χ0) is 13.4. The Morgan fingerprint density at radius 1 is 1.32 bits per heavy atom. The van der Waals surface area contributed by atoms with Crippen molar-refractivity contribution in [1.82, 2.24) is 5.16 Å². The molecular weight excluding hydrogens is 242 g/mol. The molecule has 0 saturated carbocycles. The van der Waals surface area contributed by atoms with Crippen LogP contribution in [0, 0.1) is 13.8 Å². The molecule has 0 unspecified atom stereocenters. The van der Waals surface area contributed by atoms with E-state index in [1.54, 1.807) is 0 Å². The molecule has 1 aliphatic carbocycles. The van der Waals surface area contributed by atoms with Gasteiger partial charge in [0.1, 0.15) is 18.1 Å². The number of hydrogen-bond donors (Lipinski definition) is 0. The number of rotatable bonds is 3. The summed E-state index contributed by atoms with van der Waals surface area (Å²) in [4.78, 5) is 11.7. The topological polar surface area (TPSA) is 52.3 Å². The van der Waals surface area contributed by atoms with Gasteiger partial charge in [0.25, 0.3) is 0 Å². The summed E-state index contributed by atoms with van der Waals surface area (Å²) >= 11 is 0. The standard InChI is InChI=1S/C15H15NO3/c1-9-13(10(2)19-16-9)8-18-15-5-3-4-11-12(15)6-7-14(11)17/h3-5H,6-8H2,1-2H3. The maximum atomic E-state index is 11.7. The summed E-state index contributed by atoms with van der Waals surface area (Å²) < 4.78 is 11.0. The van der Waals surface area contributed by atoms with E-state index < -0.39 is 0 Å². The lowest BCUT2D eigenvalue weighted by Crippen LogP contribution is -2.00. The lowest BCUT2D eigenvalue weighted by atomic mass is 10.1. The van der Waals surface area contributed by atoms with Crippen LogP contribution in [0.4, 0.5) is 0 Å². The number of carbonyl (C=O) groups is 1. The number of nitrogens with zero attached hydrogens (tertiary/aromatic N) is 1. The van der Waals surface area contributed by atoms with Crippen molar-refractivity contribution >= 4 is 5.78 Å². The summed E-state index contributed by atoms with van der Waals surface area (Å²) in [5.41, 5.74) is 3.65. The summed E-state index contributed by atoms with van der Waals surface area (Å²) in [5.74, 6) is 1.78. The summed E-state index contributed by atoms with van der Waals surface area (Å²) in [6.45, 7) is 4.19. The van der Waals surface area contributed by atoms with E-state index in [1.807, 2.05) is 32.0 Å². The molecule has 0 bridgehead atoms. The predicted molar refractivity (Wildman–Crippen MR) is 69.4 cm³/mol. The van der Waals surface area contributed by atoms with E-state index in [1.165, 1.54) is 0 Å². The van der Waals surface area contributed by atoms with Crippen molar-refractivity contribution in [2.75, 3.05) is 0 Å². The number of carbonyl (C=O) groups excluding carboxylic acids is 1. The third-order valence-electron chi connectivity index (χ3n) is 3.59. The second-order valence-electron chi connectivity index (χ2n) is 4.80. The summed E-state index contributed by atoms with van der Waals surface area (Å²) in [6, 6.07) is 5.65. The molecule has 0 spiro atoms. The molecule has 1 aromatic carbocycles. The van der Waals surface area contributed by atoms with Gasteiger partial charge in [-0.1, -0.05) is 17.3 Å². The highest BCUT2D eigenvalue weighted by Crippen LogP contribution is 2.31. The normalized spacial score (nSPS) is 13.7. The van der Waals surface area contributed by atoms with Crippen LogP contribution in [0.1, 0.15) is 39.4 Å². The minimum atomic E-state index is 0.206. The smallest absolute Gasteiger partial charge is 0.163 e. The van der Waals surface area contributed by atoms with E-state index in [0.717, 1.165) is 40.3 Å². The maximum Gasteiger partial charge on any atom is 0.163 e. The van der Waals surface area contributed by atoms with Gasteiger partial charge < -0.3 is 9.26 Å². The van der Waals surface area contributed by atoms with Crippen molar-refractivity contribution < 1.29 is 14.1 Å². The number of Topliss-reactive ketones (excluding diaryl/α,β-unsaturated/α-hetero) is 1. The number of fused-ring (bicyclic) bond motifs is 1. The summed E-state index contributed by atoms with van der Waals surface area (Å²) in [6.07, 6.45) is 1.35. The number of ether oxygens (including phenoxy) is 1. The lowest BCUT2D eigenvalue weighted by Gasteiger charge is -2.09. The van der Waals surface area contributed by atoms with E-state index in [9.17, 15) is 4.79 Å². The molecule has 0 amide bonds. The first-order chi connectivity index (χ1) is 9.16. The molecule has 0 saturated heterocycles. The highest BCUT2D eigenvalue weighted by atomic mass is 16.5. The third kappa shape index (κ3) is 2.03. The first-order valence-electron chi connectivity index (χ1n) is 6.36. The van der Waals surface area contributed by atoms with Crippen LogP contribution >= 0.6 is 0 Å². The van der Waals surface area contributed by atoms with Gasteiger partial charge in [0.15, 0.2) is 5.78 Å². The molecule has 1 aliphatic rings. The van der Waals surface area contributed by atoms with Gasteiger partial charge in [0, 0.05) is 17.5 Å². The van der Waals surface area contributed by atoms with Gasteiger partial charge in [-0.25, -0.2) is 0 Å². The zero-order valence-corrected chi connectivity index (χ0v) is 11.0. The average molecular weight is 257 g/mol. The Morgan fingerprint density at radius 2 is 2.16 bits per heavy atom. The molecular formula is C15H15NO3. The van der Waals surface area contributed by atoms with Gasteiger partial charge >= 0.3 is 0 Å². The van der Waals surface area contributed by atoms with Gasteiger partial charge in [-0.3, -0.25) is 4.79 Å². The van der Waals surface area contributed by atoms with Crippen molar-refractivity contribution in [2.45, 2.75) is 33.3 Å². The Hall–Kier alpha value is -2.10. The number of aromatic nitrogens is 1. The molecule has 19 heavy (non-hydrogen) atoms. The average Bonchev–Trinajstić information content (AvgIpc) is 2.93. The van der Waals surface area contributed by atoms with Crippen LogP contribution in [0.15, 0.2) is 22.7 Å². The van der Waals surface area contributed by atoms with Crippen molar-refractivity contribution in [3.63, 3.8) is 0 Å². The molecule has 0 radical (unpaired) electrons. The molecule has 4 heteroatoms. The fourth-order valence-electron chi connectivity index (χ4n) is 2.45. The fraction of sp³-hybridized carbons (Fsp3) is 0.333. The first kappa shape index (κ1) is 12.0. The SMILES string of the molecule is Cc1noc(C)c1COc1cccc2c1CCC2=O. The van der Waals surface area contributed by atoms with Crippen LogP contribution in [0.25, 0.3) is 0 Å². The molecule has 3 rings (SSSR count). The highest BCUT2D eigenvalue weighted by molar-refractivity contribution is 6.01. The van der Waals surface area contributed by atoms with E-state index in [0.29, 0.717) is 13.0 Å². The monoisotopic (exact) mass is 257 g/mol. The van der Waals surface area contributed by atoms with Gasteiger partial charge in [0.05, 0.1) is 11.3 Å². The van der Waals surface area contributed by atoms with Crippen molar-refractivity contribution in [3.05, 3.63) is 46.3 Å². The molecule has 2 aromatic rings. The summed E-state index contributed by atoms with van der Waals surface area (Å²) in [5, 5.41) is 3.90. The van der Waals surface area contributed by atoms with Gasteiger partial charge in [-0.05, 0) is 26.3 Å². The number of hydrogen-bond acceptors (Lipinski definition) is 4. The van der Waals surface area contributed by atoms with Gasteiger partial charge in [-0.2, -0.15) is 0 Å². The van der Waals surface area contributed by atoms with Gasteiger partial charge in [-0.15, -0.1) is 0 Å². The van der Waals surface area contributed by atoms with E-state index >= 15 is 0 Å². The zero-order valence-electron chi connectivity index (χ0n) is 11.0. The van der Waals surface area contributed by atoms with Crippen LogP contribution in [0.2, 0.25) is 0 Å². The minimum Gasteiger partial charge on any atom is -0.488 e. The van der Waals surface area contributed by atoms with Crippen LogP contribution in [-0.2, 0) is 13.0 Å². The Morgan fingerprint density at radius 3 is 2.89 bits per heavy atom. The third-order valence-corrected chi connectivity index (χ3v) is 3.59. The lowest BCUT2D eigenvalue weighted by molar-refractivity contribution is 0.0994. The molecule has 1 heterocycles. The second-order valence-corrected chi connectivity index (χ2v) is 4.80. The van der Waals surface area contributed by atoms with Crippen LogP contribution in [0.3, 0.4) is 0 Å². The largest absolute Gasteiger partial charge is 0.488 e. The van der Waals surface area contributed by atoms with Crippen molar-refractivity contribution in [1.29, 1.82) is 0 Å². The number of ketones is 1. The minimum absolute atomic E-state index is 0.206. The van der Waals surface area contributed by atoms with Crippen LogP contribution in [0.5, 0.6) is 5.75 Å². The number of benzene rings is 1.